The van der Waals surface area contributed by atoms with Crippen LogP contribution in [0.3, 0.4) is 0 Å². The van der Waals surface area contributed by atoms with Gasteiger partial charge < -0.3 is 5.11 Å². The van der Waals surface area contributed by atoms with E-state index < -0.39 is 16.1 Å². The van der Waals surface area contributed by atoms with Crippen molar-refractivity contribution in [3.8, 4) is 5.75 Å². The van der Waals surface area contributed by atoms with E-state index in [0.29, 0.717) is 10.0 Å². The molecule has 2 N–H and O–H groups in total. The van der Waals surface area contributed by atoms with Gasteiger partial charge in [-0.3, -0.25) is 0 Å². The van der Waals surface area contributed by atoms with Crippen molar-refractivity contribution in [2.75, 3.05) is 0 Å². The van der Waals surface area contributed by atoms with Crippen molar-refractivity contribution in [3.05, 3.63) is 51.7 Å². The minimum atomic E-state index is -3.83. The van der Waals surface area contributed by atoms with Crippen LogP contribution >= 0.6 is 27.5 Å². The Bertz CT molecular complexity index is 768. The van der Waals surface area contributed by atoms with Crippen LogP contribution in [0.2, 0.25) is 5.15 Å². The van der Waals surface area contributed by atoms with E-state index in [0.717, 1.165) is 0 Å². The lowest BCUT2D eigenvalue weighted by molar-refractivity contribution is 0.473. The van der Waals surface area contributed by atoms with Crippen LogP contribution in [0.1, 0.15) is 18.5 Å². The summed E-state index contributed by atoms with van der Waals surface area (Å²) in [5.41, 5.74) is 0.637. The van der Waals surface area contributed by atoms with Gasteiger partial charge in [-0.2, -0.15) is 0 Å². The quantitative estimate of drug-likeness (QED) is 0.784. The maximum atomic E-state index is 12.4. The third-order valence-electron chi connectivity index (χ3n) is 2.77. The number of nitrogens with one attached hydrogen (secondary N) is 1. The molecule has 21 heavy (non-hydrogen) atoms. The summed E-state index contributed by atoms with van der Waals surface area (Å²) >= 11 is 9.01. The standard InChI is InChI=1S/C13H12BrClN2O3S/c1-8(9-3-2-4-11(18)5-9)17-21(19,20)12-6-10(14)7-16-13(12)15/h2-8,17-18H,1H3. The number of halogens is 2. The fraction of sp³-hybridized carbons (Fsp3) is 0.154. The lowest BCUT2D eigenvalue weighted by atomic mass is 10.1. The third kappa shape index (κ3) is 3.94. The molecule has 112 valence electrons. The van der Waals surface area contributed by atoms with Gasteiger partial charge in [0.05, 0.1) is 0 Å². The van der Waals surface area contributed by atoms with Gasteiger partial charge in [0.25, 0.3) is 0 Å². The average molecular weight is 392 g/mol. The van der Waals surface area contributed by atoms with Crippen LogP contribution in [0.15, 0.2) is 45.9 Å². The van der Waals surface area contributed by atoms with Crippen LogP contribution < -0.4 is 4.72 Å². The largest absolute Gasteiger partial charge is 0.508 e. The van der Waals surface area contributed by atoms with Gasteiger partial charge in [-0.15, -0.1) is 0 Å². The van der Waals surface area contributed by atoms with Crippen LogP contribution in [-0.4, -0.2) is 18.5 Å². The van der Waals surface area contributed by atoms with Crippen molar-refractivity contribution in [1.29, 1.82) is 0 Å². The topological polar surface area (TPSA) is 79.3 Å². The molecule has 0 fully saturated rings. The molecule has 1 atom stereocenters. The monoisotopic (exact) mass is 390 g/mol. The van der Waals surface area contributed by atoms with Crippen LogP contribution in [0.25, 0.3) is 0 Å². The molecule has 5 nitrogen and oxygen atoms in total. The van der Waals surface area contributed by atoms with Crippen molar-refractivity contribution in [2.45, 2.75) is 17.9 Å². The number of aromatic nitrogens is 1. The fourth-order valence-corrected chi connectivity index (χ4v) is 3.93. The van der Waals surface area contributed by atoms with Crippen molar-refractivity contribution >= 4 is 37.6 Å². The van der Waals surface area contributed by atoms with Gasteiger partial charge in [-0.25, -0.2) is 18.1 Å². The molecule has 1 aromatic carbocycles. The highest BCUT2D eigenvalue weighted by Crippen LogP contribution is 2.25. The molecule has 0 aliphatic rings. The normalized spacial score (nSPS) is 13.1. The molecule has 0 radical (unpaired) electrons. The summed E-state index contributed by atoms with van der Waals surface area (Å²) in [4.78, 5) is 3.69. The van der Waals surface area contributed by atoms with Gasteiger partial charge in [-0.05, 0) is 46.6 Å². The van der Waals surface area contributed by atoms with Gasteiger partial charge in [0.15, 0.2) is 0 Å². The summed E-state index contributed by atoms with van der Waals surface area (Å²) in [6.45, 7) is 1.67. The maximum absolute atomic E-state index is 12.4. The predicted molar refractivity (Wildman–Crippen MR) is 83.8 cm³/mol. The van der Waals surface area contributed by atoms with Crippen molar-refractivity contribution < 1.29 is 13.5 Å². The number of benzene rings is 1. The Morgan fingerprint density at radius 2 is 2.10 bits per heavy atom. The summed E-state index contributed by atoms with van der Waals surface area (Å²) in [7, 11) is -3.83. The first-order valence-electron chi connectivity index (χ1n) is 5.92. The Hall–Kier alpha value is -1.15. The highest BCUT2D eigenvalue weighted by molar-refractivity contribution is 9.10. The zero-order chi connectivity index (χ0) is 15.6. The molecule has 0 saturated carbocycles. The summed E-state index contributed by atoms with van der Waals surface area (Å²) in [5, 5.41) is 9.34. The van der Waals surface area contributed by atoms with E-state index in [9.17, 15) is 13.5 Å². The van der Waals surface area contributed by atoms with Crippen LogP contribution in [0.5, 0.6) is 5.75 Å². The van der Waals surface area contributed by atoms with E-state index in [4.69, 9.17) is 11.6 Å². The molecule has 0 bridgehead atoms. The number of nitrogens with zero attached hydrogens (tertiary/aromatic N) is 1. The van der Waals surface area contributed by atoms with Gasteiger partial charge in [0.1, 0.15) is 15.8 Å². The average Bonchev–Trinajstić information content (AvgIpc) is 2.41. The molecule has 0 saturated heterocycles. The van der Waals surface area contributed by atoms with E-state index in [2.05, 4.69) is 25.6 Å². The predicted octanol–water partition coefficient (Wildman–Crippen LogP) is 3.24. The van der Waals surface area contributed by atoms with Crippen LogP contribution in [0, 0.1) is 0 Å². The Balaban J connectivity index is 2.31. The van der Waals surface area contributed by atoms with E-state index in [1.807, 2.05) is 0 Å². The Labute approximate surface area is 136 Å². The second kappa shape index (κ2) is 6.31. The van der Waals surface area contributed by atoms with Gasteiger partial charge in [0.2, 0.25) is 10.0 Å². The number of hydrogen-bond donors (Lipinski definition) is 2. The van der Waals surface area contributed by atoms with E-state index in [-0.39, 0.29) is 15.8 Å². The van der Waals surface area contributed by atoms with Crippen molar-refractivity contribution in [2.24, 2.45) is 0 Å². The van der Waals surface area contributed by atoms with E-state index in [1.165, 1.54) is 24.4 Å². The molecule has 1 heterocycles. The summed E-state index contributed by atoms with van der Waals surface area (Å²) in [6.07, 6.45) is 1.42. The number of phenolic OH excluding ortho intramolecular Hbond substituents is 1. The van der Waals surface area contributed by atoms with Gasteiger partial charge in [0, 0.05) is 16.7 Å². The summed E-state index contributed by atoms with van der Waals surface area (Å²) in [5.74, 6) is 0.0701. The van der Waals surface area contributed by atoms with Crippen LogP contribution in [0.4, 0.5) is 0 Å². The summed E-state index contributed by atoms with van der Waals surface area (Å²) in [6, 6.07) is 7.22. The third-order valence-corrected chi connectivity index (χ3v) is 5.17. The van der Waals surface area contributed by atoms with Gasteiger partial charge >= 0.3 is 0 Å². The lowest BCUT2D eigenvalue weighted by Gasteiger charge is -2.15. The molecule has 0 spiro atoms. The Morgan fingerprint density at radius 3 is 2.76 bits per heavy atom. The first-order chi connectivity index (χ1) is 9.79. The number of phenols is 1. The number of pyridine rings is 1. The molecule has 0 amide bonds. The molecule has 2 rings (SSSR count). The van der Waals surface area contributed by atoms with Gasteiger partial charge in [-0.1, -0.05) is 23.7 Å². The van der Waals surface area contributed by atoms with Crippen molar-refractivity contribution in [1.82, 2.24) is 9.71 Å². The maximum Gasteiger partial charge on any atom is 0.244 e. The first kappa shape index (κ1) is 16.2. The molecular weight excluding hydrogens is 380 g/mol. The summed E-state index contributed by atoms with van der Waals surface area (Å²) < 4.78 is 27.7. The molecule has 0 aliphatic carbocycles. The minimum absolute atomic E-state index is 0.0701. The molecule has 1 aromatic heterocycles. The fourth-order valence-electron chi connectivity index (χ4n) is 1.75. The molecule has 1 unspecified atom stereocenters. The highest BCUT2D eigenvalue weighted by atomic mass is 79.9. The van der Waals surface area contributed by atoms with E-state index in [1.54, 1.807) is 19.1 Å². The number of aromatic hydroxyl groups is 1. The smallest absolute Gasteiger partial charge is 0.244 e. The molecule has 8 heteroatoms. The number of sulfonamides is 1. The number of hydrogen-bond acceptors (Lipinski definition) is 4. The Morgan fingerprint density at radius 1 is 1.38 bits per heavy atom. The zero-order valence-corrected chi connectivity index (χ0v) is 14.1. The second-order valence-electron chi connectivity index (χ2n) is 4.38. The van der Waals surface area contributed by atoms with E-state index >= 15 is 0 Å². The first-order valence-corrected chi connectivity index (χ1v) is 8.57. The van der Waals surface area contributed by atoms with Crippen molar-refractivity contribution in [3.63, 3.8) is 0 Å². The Kier molecular flexibility index (Phi) is 4.88. The minimum Gasteiger partial charge on any atom is -0.508 e. The highest BCUT2D eigenvalue weighted by Gasteiger charge is 2.22. The zero-order valence-electron chi connectivity index (χ0n) is 10.9. The molecular formula is C13H12BrClN2O3S. The SMILES string of the molecule is CC(NS(=O)(=O)c1cc(Br)cnc1Cl)c1cccc(O)c1. The second-order valence-corrected chi connectivity index (χ2v) is 7.34. The van der Waals surface area contributed by atoms with Crippen LogP contribution in [-0.2, 0) is 10.0 Å². The number of rotatable bonds is 4. The molecule has 2 aromatic rings. The molecule has 0 aliphatic heterocycles. The lowest BCUT2D eigenvalue weighted by Crippen LogP contribution is -2.27.